The van der Waals surface area contributed by atoms with Gasteiger partial charge in [0.15, 0.2) is 0 Å². The number of anilines is 1. The predicted molar refractivity (Wildman–Crippen MR) is 108 cm³/mol. The number of piperidine rings is 1. The van der Waals surface area contributed by atoms with Gasteiger partial charge in [-0.25, -0.2) is 13.8 Å². The summed E-state index contributed by atoms with van der Waals surface area (Å²) in [5.41, 5.74) is 8.00. The Morgan fingerprint density at radius 1 is 1.31 bits per heavy atom. The summed E-state index contributed by atoms with van der Waals surface area (Å²) in [6, 6.07) is 7.44. The Kier molecular flexibility index (Phi) is 5.07. The van der Waals surface area contributed by atoms with E-state index in [1.165, 1.54) is 6.20 Å². The number of pyridine rings is 1. The predicted octanol–water partition coefficient (Wildman–Crippen LogP) is 3.83. The van der Waals surface area contributed by atoms with Crippen molar-refractivity contribution in [1.29, 1.82) is 5.26 Å². The standard InChI is InChI=1S/C19H16Cl2F2N6/c20-12-5-14(21)17-15(6-12)29(9-13-2-1-11(7-24)8-26-13)18(27-17)28-4-3-19(22,23)16(25)10-28/h1-2,5-6,8,16H,3-4,9-10,25H2. The van der Waals surface area contributed by atoms with Gasteiger partial charge < -0.3 is 15.2 Å². The van der Waals surface area contributed by atoms with Crippen molar-refractivity contribution in [3.63, 3.8) is 0 Å². The van der Waals surface area contributed by atoms with Crippen LogP contribution in [0.3, 0.4) is 0 Å². The molecule has 0 amide bonds. The first kappa shape index (κ1) is 19.8. The highest BCUT2D eigenvalue weighted by atomic mass is 35.5. The fourth-order valence-electron chi connectivity index (χ4n) is 3.39. The van der Waals surface area contributed by atoms with Crippen LogP contribution >= 0.6 is 23.2 Å². The summed E-state index contributed by atoms with van der Waals surface area (Å²) in [5, 5.41) is 9.76. The van der Waals surface area contributed by atoms with E-state index in [0.29, 0.717) is 44.8 Å². The van der Waals surface area contributed by atoms with Gasteiger partial charge in [0.25, 0.3) is 5.92 Å². The van der Waals surface area contributed by atoms with Crippen LogP contribution in [0.1, 0.15) is 17.7 Å². The Bertz CT molecular complexity index is 1110. The van der Waals surface area contributed by atoms with Crippen LogP contribution in [0.4, 0.5) is 14.7 Å². The number of nitrogens with zero attached hydrogens (tertiary/aromatic N) is 5. The number of fused-ring (bicyclic) bond motifs is 1. The summed E-state index contributed by atoms with van der Waals surface area (Å²) in [6.45, 7) is 0.370. The zero-order valence-corrected chi connectivity index (χ0v) is 16.6. The molecule has 1 aliphatic rings. The Balaban J connectivity index is 1.80. The van der Waals surface area contributed by atoms with E-state index in [0.717, 1.165) is 0 Å². The smallest absolute Gasteiger partial charge is 0.266 e. The molecule has 2 aromatic heterocycles. The molecule has 1 fully saturated rings. The SMILES string of the molecule is N#Cc1ccc(Cn2c(N3CCC(F)(F)C(N)C3)nc3c(Cl)cc(Cl)cc32)nc1. The molecule has 1 saturated heterocycles. The number of aromatic nitrogens is 3. The topological polar surface area (TPSA) is 83.8 Å². The van der Waals surface area contributed by atoms with Gasteiger partial charge in [-0.1, -0.05) is 23.2 Å². The number of imidazole rings is 1. The lowest BCUT2D eigenvalue weighted by Crippen LogP contribution is -2.55. The van der Waals surface area contributed by atoms with Crippen molar-refractivity contribution in [3.8, 4) is 6.07 Å². The fraction of sp³-hybridized carbons (Fsp3) is 0.316. The lowest BCUT2D eigenvalue weighted by Gasteiger charge is -2.37. The van der Waals surface area contributed by atoms with Crippen LogP contribution in [0, 0.1) is 11.3 Å². The number of hydrogen-bond acceptors (Lipinski definition) is 5. The van der Waals surface area contributed by atoms with Gasteiger partial charge in [0.05, 0.1) is 34.4 Å². The van der Waals surface area contributed by atoms with Crippen molar-refractivity contribution < 1.29 is 8.78 Å². The van der Waals surface area contributed by atoms with Crippen LogP contribution in [0.15, 0.2) is 30.5 Å². The molecule has 0 aliphatic carbocycles. The second-order valence-electron chi connectivity index (χ2n) is 6.97. The van der Waals surface area contributed by atoms with Crippen LogP contribution in [-0.2, 0) is 6.54 Å². The Morgan fingerprint density at radius 2 is 2.10 bits per heavy atom. The third-order valence-electron chi connectivity index (χ3n) is 4.98. The first-order chi connectivity index (χ1) is 13.8. The van der Waals surface area contributed by atoms with Gasteiger partial charge in [0.1, 0.15) is 11.6 Å². The monoisotopic (exact) mass is 436 g/mol. The third kappa shape index (κ3) is 3.73. The summed E-state index contributed by atoms with van der Waals surface area (Å²) < 4.78 is 29.6. The molecule has 3 aromatic rings. The number of rotatable bonds is 3. The number of halogens is 4. The molecule has 4 rings (SSSR count). The molecule has 0 radical (unpaired) electrons. The maximum absolute atomic E-state index is 13.9. The van der Waals surface area contributed by atoms with Gasteiger partial charge in [-0.3, -0.25) is 4.98 Å². The van der Waals surface area contributed by atoms with Gasteiger partial charge >= 0.3 is 0 Å². The molecule has 3 heterocycles. The van der Waals surface area contributed by atoms with Crippen molar-refractivity contribution >= 4 is 40.2 Å². The molecule has 0 spiro atoms. The molecular weight excluding hydrogens is 421 g/mol. The molecular formula is C19H16Cl2F2N6. The summed E-state index contributed by atoms with van der Waals surface area (Å²) >= 11 is 12.5. The summed E-state index contributed by atoms with van der Waals surface area (Å²) in [4.78, 5) is 10.6. The van der Waals surface area contributed by atoms with Crippen LogP contribution in [0.2, 0.25) is 10.0 Å². The molecule has 10 heteroatoms. The zero-order chi connectivity index (χ0) is 20.8. The molecule has 6 nitrogen and oxygen atoms in total. The first-order valence-corrected chi connectivity index (χ1v) is 9.63. The molecule has 150 valence electrons. The zero-order valence-electron chi connectivity index (χ0n) is 15.1. The van der Waals surface area contributed by atoms with E-state index in [1.54, 1.807) is 29.2 Å². The maximum atomic E-state index is 13.9. The normalized spacial score (nSPS) is 18.8. The number of benzene rings is 1. The van der Waals surface area contributed by atoms with Crippen LogP contribution in [0.25, 0.3) is 11.0 Å². The molecule has 1 aliphatic heterocycles. The van der Waals surface area contributed by atoms with E-state index >= 15 is 0 Å². The molecule has 1 atom stereocenters. The minimum absolute atomic E-state index is 0.0392. The minimum atomic E-state index is -2.91. The second kappa shape index (κ2) is 7.41. The number of nitriles is 1. The fourth-order valence-corrected chi connectivity index (χ4v) is 3.92. The largest absolute Gasteiger partial charge is 0.340 e. The molecule has 1 unspecified atom stereocenters. The van der Waals surface area contributed by atoms with Gasteiger partial charge in [-0.2, -0.15) is 5.26 Å². The van der Waals surface area contributed by atoms with Crippen LogP contribution in [-0.4, -0.2) is 39.6 Å². The van der Waals surface area contributed by atoms with E-state index < -0.39 is 12.0 Å². The first-order valence-electron chi connectivity index (χ1n) is 8.87. The van der Waals surface area contributed by atoms with Crippen molar-refractivity contribution in [2.45, 2.75) is 24.9 Å². The van der Waals surface area contributed by atoms with E-state index in [2.05, 4.69) is 9.97 Å². The van der Waals surface area contributed by atoms with Crippen molar-refractivity contribution in [2.24, 2.45) is 5.73 Å². The summed E-state index contributed by atoms with van der Waals surface area (Å²) in [6.07, 6.45) is 1.12. The van der Waals surface area contributed by atoms with Crippen molar-refractivity contribution in [2.75, 3.05) is 18.0 Å². The van der Waals surface area contributed by atoms with Crippen LogP contribution in [0.5, 0.6) is 0 Å². The lowest BCUT2D eigenvalue weighted by molar-refractivity contribution is -0.0395. The lowest BCUT2D eigenvalue weighted by atomic mass is 10.0. The molecule has 2 N–H and O–H groups in total. The van der Waals surface area contributed by atoms with Crippen molar-refractivity contribution in [3.05, 3.63) is 51.8 Å². The van der Waals surface area contributed by atoms with Crippen molar-refractivity contribution in [1.82, 2.24) is 14.5 Å². The Labute approximate surface area is 175 Å². The van der Waals surface area contributed by atoms with Gasteiger partial charge in [-0.15, -0.1) is 0 Å². The van der Waals surface area contributed by atoms with E-state index in [1.807, 2.05) is 10.6 Å². The summed E-state index contributed by atoms with van der Waals surface area (Å²) in [5.74, 6) is -2.44. The molecule has 0 bridgehead atoms. The number of hydrogen-bond donors (Lipinski definition) is 1. The second-order valence-corrected chi connectivity index (χ2v) is 7.81. The van der Waals surface area contributed by atoms with Crippen LogP contribution < -0.4 is 10.6 Å². The molecule has 1 aromatic carbocycles. The van der Waals surface area contributed by atoms with E-state index in [4.69, 9.17) is 34.2 Å². The molecule has 0 saturated carbocycles. The Morgan fingerprint density at radius 3 is 2.76 bits per heavy atom. The molecule has 29 heavy (non-hydrogen) atoms. The van der Waals surface area contributed by atoms with E-state index in [9.17, 15) is 8.78 Å². The highest BCUT2D eigenvalue weighted by Crippen LogP contribution is 2.35. The highest BCUT2D eigenvalue weighted by molar-refractivity contribution is 6.38. The summed E-state index contributed by atoms with van der Waals surface area (Å²) in [7, 11) is 0. The third-order valence-corrected chi connectivity index (χ3v) is 5.49. The number of alkyl halides is 2. The Hall–Kier alpha value is -2.47. The average Bonchev–Trinajstić information content (AvgIpc) is 3.03. The average molecular weight is 437 g/mol. The van der Waals surface area contributed by atoms with Gasteiger partial charge in [0.2, 0.25) is 5.95 Å². The quantitative estimate of drug-likeness (QED) is 0.674. The maximum Gasteiger partial charge on any atom is 0.266 e. The van der Waals surface area contributed by atoms with Gasteiger partial charge in [0, 0.05) is 30.7 Å². The van der Waals surface area contributed by atoms with E-state index in [-0.39, 0.29) is 19.5 Å². The minimum Gasteiger partial charge on any atom is -0.340 e. The highest BCUT2D eigenvalue weighted by Gasteiger charge is 2.42. The van der Waals surface area contributed by atoms with Gasteiger partial charge in [-0.05, 0) is 24.3 Å². The number of nitrogens with two attached hydrogens (primary N) is 1.